The Morgan fingerprint density at radius 3 is 2.55 bits per heavy atom. The third kappa shape index (κ3) is 3.84. The minimum atomic E-state index is -0.252. The summed E-state index contributed by atoms with van der Waals surface area (Å²) in [5.41, 5.74) is 8.07. The van der Waals surface area contributed by atoms with E-state index in [1.165, 1.54) is 12.1 Å². The summed E-state index contributed by atoms with van der Waals surface area (Å²) in [5.74, 6) is 6.21. The van der Waals surface area contributed by atoms with Gasteiger partial charge in [-0.05, 0) is 48.4 Å². The van der Waals surface area contributed by atoms with E-state index in [-0.39, 0.29) is 5.82 Å². The maximum atomic E-state index is 13.0. The molecule has 2 N–H and O–H groups in total. The first-order chi connectivity index (χ1) is 9.69. The zero-order valence-electron chi connectivity index (χ0n) is 11.3. The lowest BCUT2D eigenvalue weighted by Gasteiger charge is -2.09. The molecule has 0 aliphatic rings. The lowest BCUT2D eigenvalue weighted by atomic mass is 10.1. The monoisotopic (exact) mass is 269 g/mol. The Bertz CT molecular complexity index is 638. The Labute approximate surface area is 118 Å². The molecule has 20 heavy (non-hydrogen) atoms. The van der Waals surface area contributed by atoms with Gasteiger partial charge in [0, 0.05) is 5.56 Å². The molecule has 0 aromatic heterocycles. The second kappa shape index (κ2) is 6.74. The molecule has 0 radical (unpaired) electrons. The molecule has 2 aromatic rings. The third-order valence-corrected chi connectivity index (χ3v) is 2.82. The van der Waals surface area contributed by atoms with E-state index in [4.69, 9.17) is 10.5 Å². The normalized spacial score (nSPS) is 9.75. The Hall–Kier alpha value is -2.31. The van der Waals surface area contributed by atoms with Crippen LogP contribution in [0, 0.1) is 24.6 Å². The molecule has 2 aromatic carbocycles. The van der Waals surface area contributed by atoms with Crippen molar-refractivity contribution in [3.8, 4) is 17.6 Å². The van der Waals surface area contributed by atoms with Crippen molar-refractivity contribution in [1.29, 1.82) is 0 Å². The molecule has 2 rings (SSSR count). The Morgan fingerprint density at radius 1 is 1.15 bits per heavy atom. The van der Waals surface area contributed by atoms with Gasteiger partial charge in [0.1, 0.15) is 18.2 Å². The molecular formula is C17H16FNO. The lowest BCUT2D eigenvalue weighted by Crippen LogP contribution is -1.97. The van der Waals surface area contributed by atoms with Crippen LogP contribution in [-0.4, -0.2) is 6.54 Å². The van der Waals surface area contributed by atoms with E-state index in [2.05, 4.69) is 11.8 Å². The molecule has 0 atom stereocenters. The molecule has 0 bridgehead atoms. The zero-order valence-corrected chi connectivity index (χ0v) is 11.3. The molecule has 0 amide bonds. The highest BCUT2D eigenvalue weighted by Gasteiger charge is 2.01. The molecule has 0 aliphatic heterocycles. The molecule has 2 nitrogen and oxygen atoms in total. The minimum Gasteiger partial charge on any atom is -0.489 e. The van der Waals surface area contributed by atoms with Gasteiger partial charge in [-0.3, -0.25) is 0 Å². The van der Waals surface area contributed by atoms with Gasteiger partial charge in [-0.25, -0.2) is 4.39 Å². The van der Waals surface area contributed by atoms with Crippen LogP contribution in [0.1, 0.15) is 16.7 Å². The highest BCUT2D eigenvalue weighted by Crippen LogP contribution is 2.19. The molecule has 3 heteroatoms. The van der Waals surface area contributed by atoms with Gasteiger partial charge in [0.25, 0.3) is 0 Å². The molecule has 0 saturated heterocycles. The average molecular weight is 269 g/mol. The quantitative estimate of drug-likeness (QED) is 0.869. The van der Waals surface area contributed by atoms with Crippen molar-refractivity contribution >= 4 is 0 Å². The molecular weight excluding hydrogens is 253 g/mol. The van der Waals surface area contributed by atoms with E-state index in [0.29, 0.717) is 18.9 Å². The first-order valence-corrected chi connectivity index (χ1v) is 6.36. The third-order valence-electron chi connectivity index (χ3n) is 2.82. The Balaban J connectivity index is 2.00. The summed E-state index contributed by atoms with van der Waals surface area (Å²) < 4.78 is 18.7. The van der Waals surface area contributed by atoms with E-state index in [0.717, 1.165) is 16.7 Å². The fourth-order valence-electron chi connectivity index (χ4n) is 1.77. The van der Waals surface area contributed by atoms with E-state index in [1.54, 1.807) is 6.07 Å². The summed E-state index contributed by atoms with van der Waals surface area (Å²) >= 11 is 0. The second-order valence-electron chi connectivity index (χ2n) is 4.40. The molecule has 0 spiro atoms. The number of hydrogen-bond donors (Lipinski definition) is 1. The number of rotatable bonds is 3. The van der Waals surface area contributed by atoms with Crippen molar-refractivity contribution < 1.29 is 9.13 Å². The second-order valence-corrected chi connectivity index (χ2v) is 4.40. The van der Waals surface area contributed by atoms with Crippen LogP contribution in [0.3, 0.4) is 0 Å². The van der Waals surface area contributed by atoms with E-state index in [1.807, 2.05) is 31.2 Å². The summed E-state index contributed by atoms with van der Waals surface area (Å²) in [6.45, 7) is 2.62. The van der Waals surface area contributed by atoms with Gasteiger partial charge in [0.15, 0.2) is 0 Å². The maximum Gasteiger partial charge on any atom is 0.123 e. The van der Waals surface area contributed by atoms with Gasteiger partial charge in [-0.15, -0.1) is 0 Å². The number of aryl methyl sites for hydroxylation is 1. The molecule has 0 heterocycles. The maximum absolute atomic E-state index is 13.0. The molecule has 0 unspecified atom stereocenters. The summed E-state index contributed by atoms with van der Waals surface area (Å²) in [6, 6.07) is 12.3. The van der Waals surface area contributed by atoms with Gasteiger partial charge in [0.05, 0.1) is 6.54 Å². The Morgan fingerprint density at radius 2 is 1.90 bits per heavy atom. The SMILES string of the molecule is Cc1cc(F)ccc1OCc1ccc(C#CCN)cc1. The highest BCUT2D eigenvalue weighted by molar-refractivity contribution is 5.37. The number of halogens is 1. The van der Waals surface area contributed by atoms with Crippen LogP contribution in [0.4, 0.5) is 4.39 Å². The average Bonchev–Trinajstić information content (AvgIpc) is 2.45. The summed E-state index contributed by atoms with van der Waals surface area (Å²) in [6.07, 6.45) is 0. The summed E-state index contributed by atoms with van der Waals surface area (Å²) in [7, 11) is 0. The standard InChI is InChI=1S/C17H16FNO/c1-13-11-16(18)8-9-17(13)20-12-15-6-4-14(5-7-15)3-2-10-19/h4-9,11H,10,12,19H2,1H3. The van der Waals surface area contributed by atoms with Crippen molar-refractivity contribution in [3.63, 3.8) is 0 Å². The van der Waals surface area contributed by atoms with Crippen LogP contribution in [0.5, 0.6) is 5.75 Å². The number of benzene rings is 2. The van der Waals surface area contributed by atoms with Crippen molar-refractivity contribution in [1.82, 2.24) is 0 Å². The predicted octanol–water partition coefficient (Wildman–Crippen LogP) is 3.02. The highest BCUT2D eigenvalue weighted by atomic mass is 19.1. The van der Waals surface area contributed by atoms with Crippen LogP contribution >= 0.6 is 0 Å². The Kier molecular flexibility index (Phi) is 4.75. The van der Waals surface area contributed by atoms with Crippen LogP contribution in [0.15, 0.2) is 42.5 Å². The summed E-state index contributed by atoms with van der Waals surface area (Å²) in [5, 5.41) is 0. The van der Waals surface area contributed by atoms with Gasteiger partial charge >= 0.3 is 0 Å². The van der Waals surface area contributed by atoms with Gasteiger partial charge in [-0.1, -0.05) is 24.0 Å². The number of ether oxygens (including phenoxy) is 1. The molecule has 102 valence electrons. The smallest absolute Gasteiger partial charge is 0.123 e. The fourth-order valence-corrected chi connectivity index (χ4v) is 1.77. The largest absolute Gasteiger partial charge is 0.489 e. The zero-order chi connectivity index (χ0) is 14.4. The van der Waals surface area contributed by atoms with Gasteiger partial charge < -0.3 is 10.5 Å². The van der Waals surface area contributed by atoms with Gasteiger partial charge in [0.2, 0.25) is 0 Å². The fraction of sp³-hybridized carbons (Fsp3) is 0.176. The van der Waals surface area contributed by atoms with Crippen molar-refractivity contribution in [3.05, 3.63) is 65.0 Å². The van der Waals surface area contributed by atoms with Crippen LogP contribution in [-0.2, 0) is 6.61 Å². The molecule has 0 aliphatic carbocycles. The minimum absolute atomic E-state index is 0.252. The molecule has 0 fully saturated rings. The van der Waals surface area contributed by atoms with E-state index in [9.17, 15) is 4.39 Å². The number of nitrogens with two attached hydrogens (primary N) is 1. The first-order valence-electron chi connectivity index (χ1n) is 6.36. The topological polar surface area (TPSA) is 35.2 Å². The predicted molar refractivity (Wildman–Crippen MR) is 77.8 cm³/mol. The lowest BCUT2D eigenvalue weighted by molar-refractivity contribution is 0.303. The first kappa shape index (κ1) is 14.1. The molecule has 0 saturated carbocycles. The van der Waals surface area contributed by atoms with Gasteiger partial charge in [-0.2, -0.15) is 0 Å². The van der Waals surface area contributed by atoms with E-state index < -0.39 is 0 Å². The van der Waals surface area contributed by atoms with E-state index >= 15 is 0 Å². The van der Waals surface area contributed by atoms with Crippen LogP contribution < -0.4 is 10.5 Å². The summed E-state index contributed by atoms with van der Waals surface area (Å²) in [4.78, 5) is 0. The van der Waals surface area contributed by atoms with Crippen molar-refractivity contribution in [2.24, 2.45) is 5.73 Å². The number of hydrogen-bond acceptors (Lipinski definition) is 2. The van der Waals surface area contributed by atoms with Crippen molar-refractivity contribution in [2.45, 2.75) is 13.5 Å². The van der Waals surface area contributed by atoms with Crippen molar-refractivity contribution in [2.75, 3.05) is 6.54 Å². The van der Waals surface area contributed by atoms with Crippen LogP contribution in [0.2, 0.25) is 0 Å². The van der Waals surface area contributed by atoms with Crippen LogP contribution in [0.25, 0.3) is 0 Å².